The first-order valence-corrected chi connectivity index (χ1v) is 6.96. The van der Waals surface area contributed by atoms with Gasteiger partial charge in [0.15, 0.2) is 0 Å². The van der Waals surface area contributed by atoms with Crippen molar-refractivity contribution in [2.75, 3.05) is 7.05 Å². The van der Waals surface area contributed by atoms with Crippen LogP contribution in [-0.4, -0.2) is 27.9 Å². The van der Waals surface area contributed by atoms with E-state index in [-0.39, 0.29) is 17.7 Å². The van der Waals surface area contributed by atoms with Crippen molar-refractivity contribution in [2.24, 2.45) is 0 Å². The first-order chi connectivity index (χ1) is 9.49. The van der Waals surface area contributed by atoms with Gasteiger partial charge in [-0.15, -0.1) is 0 Å². The van der Waals surface area contributed by atoms with Crippen LogP contribution in [0.1, 0.15) is 29.0 Å². The summed E-state index contributed by atoms with van der Waals surface area (Å²) >= 11 is 3.29. The molecule has 2 aromatic rings. The molecule has 20 heavy (non-hydrogen) atoms. The molecule has 4 nitrogen and oxygen atoms in total. The zero-order valence-corrected chi connectivity index (χ0v) is 12.8. The Bertz CT molecular complexity index is 614. The Morgan fingerprint density at radius 3 is 2.70 bits per heavy atom. The lowest BCUT2D eigenvalue weighted by molar-refractivity contribution is 0.0736. The average molecular weight is 335 g/mol. The highest BCUT2D eigenvalue weighted by atomic mass is 79.9. The van der Waals surface area contributed by atoms with Gasteiger partial charge >= 0.3 is 0 Å². The molecule has 2 rings (SSSR count). The fourth-order valence-electron chi connectivity index (χ4n) is 1.87. The number of hydrogen-bond acceptors (Lipinski definition) is 3. The monoisotopic (exact) mass is 334 g/mol. The predicted octanol–water partition coefficient (Wildman–Crippen LogP) is 3.38. The molecular formula is C15H15BrN2O2. The Morgan fingerprint density at radius 1 is 1.35 bits per heavy atom. The molecule has 104 valence electrons. The van der Waals surface area contributed by atoms with Gasteiger partial charge in [-0.1, -0.05) is 12.1 Å². The highest BCUT2D eigenvalue weighted by molar-refractivity contribution is 9.10. The first kappa shape index (κ1) is 14.5. The van der Waals surface area contributed by atoms with Crippen molar-refractivity contribution in [1.82, 2.24) is 9.88 Å². The smallest absolute Gasteiger partial charge is 0.272 e. The molecule has 1 heterocycles. The van der Waals surface area contributed by atoms with Gasteiger partial charge in [-0.2, -0.15) is 0 Å². The minimum absolute atomic E-state index is 0.153. The molecule has 1 amide bonds. The van der Waals surface area contributed by atoms with Crippen molar-refractivity contribution in [3.8, 4) is 5.75 Å². The van der Waals surface area contributed by atoms with Crippen molar-refractivity contribution < 1.29 is 9.90 Å². The standard InChI is InChI=1S/C15H15BrN2O2/c1-10(11-4-3-5-13(19)8-11)18(2)15(20)14-7-6-12(16)9-17-14/h3-10,19H,1-2H3/t10-/m0/s1. The normalized spacial score (nSPS) is 11.9. The van der Waals surface area contributed by atoms with Crippen molar-refractivity contribution in [3.05, 3.63) is 58.3 Å². The number of carbonyl (C=O) groups is 1. The van der Waals surface area contributed by atoms with E-state index in [1.165, 1.54) is 0 Å². The zero-order valence-electron chi connectivity index (χ0n) is 11.2. The van der Waals surface area contributed by atoms with Crippen LogP contribution in [0.4, 0.5) is 0 Å². The molecule has 0 radical (unpaired) electrons. The van der Waals surface area contributed by atoms with Crippen molar-refractivity contribution >= 4 is 21.8 Å². The van der Waals surface area contributed by atoms with Gasteiger partial charge in [-0.05, 0) is 52.7 Å². The van der Waals surface area contributed by atoms with Crippen LogP contribution in [0, 0.1) is 0 Å². The maximum absolute atomic E-state index is 12.3. The Labute approximate surface area is 126 Å². The van der Waals surface area contributed by atoms with Gasteiger partial charge in [-0.25, -0.2) is 4.98 Å². The summed E-state index contributed by atoms with van der Waals surface area (Å²) in [6.07, 6.45) is 1.60. The van der Waals surface area contributed by atoms with E-state index < -0.39 is 0 Å². The fourth-order valence-corrected chi connectivity index (χ4v) is 2.10. The number of phenols is 1. The average Bonchev–Trinajstić information content (AvgIpc) is 2.46. The molecule has 0 aliphatic carbocycles. The Morgan fingerprint density at radius 2 is 2.10 bits per heavy atom. The molecule has 0 spiro atoms. The third kappa shape index (κ3) is 3.17. The molecule has 0 saturated heterocycles. The van der Waals surface area contributed by atoms with Crippen LogP contribution >= 0.6 is 15.9 Å². The number of pyridine rings is 1. The Balaban J connectivity index is 2.20. The van der Waals surface area contributed by atoms with E-state index in [9.17, 15) is 9.90 Å². The van der Waals surface area contributed by atoms with Crippen LogP contribution in [0.5, 0.6) is 5.75 Å². The van der Waals surface area contributed by atoms with Gasteiger partial charge in [0, 0.05) is 17.7 Å². The minimum Gasteiger partial charge on any atom is -0.508 e. The van der Waals surface area contributed by atoms with E-state index in [4.69, 9.17) is 0 Å². The van der Waals surface area contributed by atoms with Crippen LogP contribution in [0.2, 0.25) is 0 Å². The van der Waals surface area contributed by atoms with Gasteiger partial charge in [0.25, 0.3) is 5.91 Å². The predicted molar refractivity (Wildman–Crippen MR) is 80.6 cm³/mol. The van der Waals surface area contributed by atoms with Crippen molar-refractivity contribution in [3.63, 3.8) is 0 Å². The van der Waals surface area contributed by atoms with Gasteiger partial charge in [-0.3, -0.25) is 4.79 Å². The third-order valence-electron chi connectivity index (χ3n) is 3.20. The third-order valence-corrected chi connectivity index (χ3v) is 3.67. The summed E-state index contributed by atoms with van der Waals surface area (Å²) < 4.78 is 0.831. The second-order valence-corrected chi connectivity index (χ2v) is 5.46. The summed E-state index contributed by atoms with van der Waals surface area (Å²) in [5.41, 5.74) is 1.26. The lowest BCUT2D eigenvalue weighted by Gasteiger charge is -2.25. The number of amides is 1. The van der Waals surface area contributed by atoms with Crippen LogP contribution in [0.15, 0.2) is 47.1 Å². The highest BCUT2D eigenvalue weighted by Gasteiger charge is 2.20. The van der Waals surface area contributed by atoms with Crippen molar-refractivity contribution in [1.29, 1.82) is 0 Å². The maximum atomic E-state index is 12.3. The maximum Gasteiger partial charge on any atom is 0.272 e. The molecule has 5 heteroatoms. The molecule has 0 saturated carbocycles. The molecule has 1 N–H and O–H groups in total. The summed E-state index contributed by atoms with van der Waals surface area (Å²) in [6, 6.07) is 10.2. The van der Waals surface area contributed by atoms with E-state index in [0.29, 0.717) is 5.69 Å². The largest absolute Gasteiger partial charge is 0.508 e. The number of hydrogen-bond donors (Lipinski definition) is 1. The molecule has 1 aromatic carbocycles. The Hall–Kier alpha value is -1.88. The van der Waals surface area contributed by atoms with E-state index >= 15 is 0 Å². The number of aromatic nitrogens is 1. The van der Waals surface area contributed by atoms with Gasteiger partial charge in [0.1, 0.15) is 11.4 Å². The van der Waals surface area contributed by atoms with Gasteiger partial charge in [0.2, 0.25) is 0 Å². The Kier molecular flexibility index (Phi) is 4.39. The summed E-state index contributed by atoms with van der Waals surface area (Å²) in [5.74, 6) is 0.0327. The molecule has 0 aliphatic heterocycles. The number of nitrogens with zero attached hydrogens (tertiary/aromatic N) is 2. The number of aromatic hydroxyl groups is 1. The lowest BCUT2D eigenvalue weighted by atomic mass is 10.1. The minimum atomic E-state index is -0.159. The molecule has 0 fully saturated rings. The number of phenolic OH excluding ortho intramolecular Hbond substituents is 1. The summed E-state index contributed by atoms with van der Waals surface area (Å²) in [4.78, 5) is 18.0. The van der Waals surface area contributed by atoms with Crippen molar-refractivity contribution in [2.45, 2.75) is 13.0 Å². The van der Waals surface area contributed by atoms with Crippen LogP contribution < -0.4 is 0 Å². The quantitative estimate of drug-likeness (QED) is 0.936. The van der Waals surface area contributed by atoms with E-state index in [1.807, 2.05) is 13.0 Å². The second-order valence-electron chi connectivity index (χ2n) is 4.55. The zero-order chi connectivity index (χ0) is 14.7. The summed E-state index contributed by atoms with van der Waals surface area (Å²) in [7, 11) is 1.72. The SMILES string of the molecule is C[C@@H](c1cccc(O)c1)N(C)C(=O)c1ccc(Br)cn1. The van der Waals surface area contributed by atoms with E-state index in [0.717, 1.165) is 10.0 Å². The molecule has 0 unspecified atom stereocenters. The van der Waals surface area contributed by atoms with E-state index in [1.54, 1.807) is 48.5 Å². The molecular weight excluding hydrogens is 320 g/mol. The number of carbonyl (C=O) groups excluding carboxylic acids is 1. The van der Waals surface area contributed by atoms with Crippen LogP contribution in [-0.2, 0) is 0 Å². The second kappa shape index (κ2) is 6.05. The number of halogens is 1. The van der Waals surface area contributed by atoms with Gasteiger partial charge in [0.05, 0.1) is 6.04 Å². The summed E-state index contributed by atoms with van der Waals surface area (Å²) in [6.45, 7) is 1.91. The van der Waals surface area contributed by atoms with Crippen LogP contribution in [0.25, 0.3) is 0 Å². The molecule has 0 aliphatic rings. The van der Waals surface area contributed by atoms with Gasteiger partial charge < -0.3 is 10.0 Å². The highest BCUT2D eigenvalue weighted by Crippen LogP contribution is 2.23. The molecule has 1 aromatic heterocycles. The lowest BCUT2D eigenvalue weighted by Crippen LogP contribution is -2.30. The topological polar surface area (TPSA) is 53.4 Å². The number of rotatable bonds is 3. The fraction of sp³-hybridized carbons (Fsp3) is 0.200. The molecule has 0 bridgehead atoms. The first-order valence-electron chi connectivity index (χ1n) is 6.16. The van der Waals surface area contributed by atoms with Crippen LogP contribution in [0.3, 0.4) is 0 Å². The molecule has 1 atom stereocenters. The summed E-state index contributed by atoms with van der Waals surface area (Å²) in [5, 5.41) is 9.51. The number of benzene rings is 1. The van der Waals surface area contributed by atoms with E-state index in [2.05, 4.69) is 20.9 Å².